The average molecular weight is 425 g/mol. The minimum absolute atomic E-state index is 0.0101. The van der Waals surface area contributed by atoms with E-state index in [0.29, 0.717) is 30.5 Å². The van der Waals surface area contributed by atoms with Gasteiger partial charge in [-0.1, -0.05) is 0 Å². The first kappa shape index (κ1) is 19.4. The molecule has 0 radical (unpaired) electrons. The number of anilines is 2. The maximum atomic E-state index is 14.0. The molecule has 31 heavy (non-hydrogen) atoms. The molecule has 3 heterocycles. The molecular formula is C21H21F2N7O. The highest BCUT2D eigenvalue weighted by Crippen LogP contribution is 2.47. The van der Waals surface area contributed by atoms with Crippen LogP contribution in [0.25, 0.3) is 5.69 Å². The van der Waals surface area contributed by atoms with E-state index in [1.165, 1.54) is 25.4 Å². The normalized spacial score (nSPS) is 17.4. The number of amides is 2. The summed E-state index contributed by atoms with van der Waals surface area (Å²) in [6, 6.07) is 4.18. The Morgan fingerprint density at radius 3 is 2.52 bits per heavy atom. The van der Waals surface area contributed by atoms with Crippen molar-refractivity contribution >= 4 is 17.8 Å². The molecule has 1 aromatic carbocycles. The summed E-state index contributed by atoms with van der Waals surface area (Å²) in [5.41, 5.74) is 0.645. The van der Waals surface area contributed by atoms with Crippen molar-refractivity contribution in [2.45, 2.75) is 25.3 Å². The topological polar surface area (TPSA) is 79.2 Å². The number of imidazole rings is 1. The maximum Gasteiger partial charge on any atom is 0.325 e. The Morgan fingerprint density at radius 2 is 1.87 bits per heavy atom. The summed E-state index contributed by atoms with van der Waals surface area (Å²) in [5.74, 6) is -0.258. The van der Waals surface area contributed by atoms with Gasteiger partial charge in [0.05, 0.1) is 23.2 Å². The smallest absolute Gasteiger partial charge is 0.325 e. The van der Waals surface area contributed by atoms with E-state index in [-0.39, 0.29) is 11.6 Å². The molecular weight excluding hydrogens is 404 g/mol. The third-order valence-electron chi connectivity index (χ3n) is 5.87. The Labute approximate surface area is 177 Å². The summed E-state index contributed by atoms with van der Waals surface area (Å²) in [6.07, 6.45) is 6.55. The quantitative estimate of drug-likeness (QED) is 0.679. The molecule has 8 nitrogen and oxygen atoms in total. The predicted octanol–water partition coefficient (Wildman–Crippen LogP) is 3.22. The molecule has 0 spiro atoms. The molecule has 1 saturated carbocycles. The number of rotatable bonds is 5. The second kappa shape index (κ2) is 7.00. The second-order valence-corrected chi connectivity index (χ2v) is 8.00. The van der Waals surface area contributed by atoms with E-state index in [0.717, 1.165) is 18.5 Å². The zero-order chi connectivity index (χ0) is 21.8. The molecule has 160 valence electrons. The van der Waals surface area contributed by atoms with Gasteiger partial charge in [-0.15, -0.1) is 0 Å². The second-order valence-electron chi connectivity index (χ2n) is 8.00. The van der Waals surface area contributed by atoms with Gasteiger partial charge in [0.2, 0.25) is 5.95 Å². The molecule has 0 bridgehead atoms. The summed E-state index contributed by atoms with van der Waals surface area (Å²) in [7, 11) is 1.75. The Bertz CT molecular complexity index is 1150. The number of benzene rings is 1. The Hall–Kier alpha value is -3.56. The van der Waals surface area contributed by atoms with Crippen LogP contribution in [0.3, 0.4) is 0 Å². The number of carbonyl (C=O) groups is 1. The molecule has 3 aromatic rings. The van der Waals surface area contributed by atoms with Crippen molar-refractivity contribution in [1.82, 2.24) is 24.4 Å². The average Bonchev–Trinajstić information content (AvgIpc) is 3.20. The number of halogens is 2. The third kappa shape index (κ3) is 3.37. The van der Waals surface area contributed by atoms with Crippen LogP contribution in [0.4, 0.5) is 25.3 Å². The molecule has 2 aromatic heterocycles. The molecule has 10 heteroatoms. The van der Waals surface area contributed by atoms with Crippen LogP contribution in [-0.2, 0) is 5.54 Å². The maximum absolute atomic E-state index is 14.0. The largest absolute Gasteiger partial charge is 0.343 e. The monoisotopic (exact) mass is 425 g/mol. The fraction of sp³-hybridized carbons (Fsp3) is 0.333. The van der Waals surface area contributed by atoms with Crippen LogP contribution in [0, 0.1) is 18.6 Å². The molecule has 2 aliphatic rings. The highest BCUT2D eigenvalue weighted by atomic mass is 19.1. The first-order valence-electron chi connectivity index (χ1n) is 10.0. The molecule has 5 rings (SSSR count). The summed E-state index contributed by atoms with van der Waals surface area (Å²) < 4.78 is 29.5. The highest BCUT2D eigenvalue weighted by molar-refractivity contribution is 5.93. The Balaban J connectivity index is 1.38. The van der Waals surface area contributed by atoms with E-state index in [2.05, 4.69) is 20.3 Å². The van der Waals surface area contributed by atoms with E-state index < -0.39 is 17.2 Å². The highest BCUT2D eigenvalue weighted by Gasteiger charge is 2.47. The molecule has 0 atom stereocenters. The molecule has 1 N–H and O–H groups in total. The van der Waals surface area contributed by atoms with Gasteiger partial charge in [0.1, 0.15) is 17.5 Å². The zero-order valence-electron chi connectivity index (χ0n) is 17.1. The van der Waals surface area contributed by atoms with E-state index in [9.17, 15) is 13.6 Å². The number of nitrogens with zero attached hydrogens (tertiary/aromatic N) is 6. The van der Waals surface area contributed by atoms with Crippen molar-refractivity contribution in [3.63, 3.8) is 0 Å². The van der Waals surface area contributed by atoms with Gasteiger partial charge in [-0.25, -0.2) is 23.5 Å². The molecule has 2 fully saturated rings. The van der Waals surface area contributed by atoms with Gasteiger partial charge >= 0.3 is 6.03 Å². The number of hydrogen-bond donors (Lipinski definition) is 1. The van der Waals surface area contributed by atoms with Gasteiger partial charge in [-0.2, -0.15) is 4.98 Å². The number of nitrogens with one attached hydrogen (secondary N) is 1. The minimum Gasteiger partial charge on any atom is -0.343 e. The molecule has 1 aliphatic heterocycles. The first-order chi connectivity index (χ1) is 14.9. The van der Waals surface area contributed by atoms with Crippen molar-refractivity contribution < 1.29 is 13.6 Å². The summed E-state index contributed by atoms with van der Waals surface area (Å²) >= 11 is 0. The van der Waals surface area contributed by atoms with Crippen LogP contribution in [0.5, 0.6) is 0 Å². The van der Waals surface area contributed by atoms with E-state index in [1.807, 2.05) is 0 Å². The Kier molecular flexibility index (Phi) is 4.38. The van der Waals surface area contributed by atoms with Crippen molar-refractivity contribution in [2.24, 2.45) is 0 Å². The lowest BCUT2D eigenvalue weighted by atomic mass is 10.2. The first-order valence-corrected chi connectivity index (χ1v) is 10.0. The number of aromatic nitrogens is 4. The summed E-state index contributed by atoms with van der Waals surface area (Å²) in [5, 5.41) is 3.33. The molecule has 0 unspecified atom stereocenters. The van der Waals surface area contributed by atoms with Crippen LogP contribution >= 0.6 is 0 Å². The molecule has 1 saturated heterocycles. The fourth-order valence-corrected chi connectivity index (χ4v) is 3.70. The minimum atomic E-state index is -0.600. The standard InChI is InChI=1S/C21H21F2N7O/c1-13-15(22)9-14(10-16(13)23)29-11-17(25-12-29)21(4-5-21)27-19-24-6-3-18(26-19)30-8-7-28(2)20(30)31/h3,6,9-12H,4-5,7-8H2,1-2H3,(H,24,26,27). The number of urea groups is 1. The van der Waals surface area contributed by atoms with Gasteiger partial charge in [-0.05, 0) is 38.0 Å². The van der Waals surface area contributed by atoms with E-state index >= 15 is 0 Å². The predicted molar refractivity (Wildman–Crippen MR) is 110 cm³/mol. The van der Waals surface area contributed by atoms with Crippen LogP contribution in [0.2, 0.25) is 0 Å². The third-order valence-corrected chi connectivity index (χ3v) is 5.87. The lowest BCUT2D eigenvalue weighted by Gasteiger charge is -2.18. The lowest BCUT2D eigenvalue weighted by Crippen LogP contribution is -2.30. The van der Waals surface area contributed by atoms with Crippen LogP contribution in [0.1, 0.15) is 24.1 Å². The van der Waals surface area contributed by atoms with Crippen LogP contribution in [0.15, 0.2) is 36.9 Å². The number of hydrogen-bond acceptors (Lipinski definition) is 5. The summed E-state index contributed by atoms with van der Waals surface area (Å²) in [4.78, 5) is 28.8. The zero-order valence-corrected chi connectivity index (χ0v) is 17.1. The van der Waals surface area contributed by atoms with Gasteiger partial charge < -0.3 is 14.8 Å². The number of likely N-dealkylation sites (N-methyl/N-ethyl adjacent to an activating group) is 1. The van der Waals surface area contributed by atoms with Crippen molar-refractivity contribution in [2.75, 3.05) is 30.4 Å². The van der Waals surface area contributed by atoms with Gasteiger partial charge in [-0.3, -0.25) is 4.90 Å². The Morgan fingerprint density at radius 1 is 1.13 bits per heavy atom. The van der Waals surface area contributed by atoms with Crippen molar-refractivity contribution in [1.29, 1.82) is 0 Å². The van der Waals surface area contributed by atoms with Crippen molar-refractivity contribution in [3.05, 3.63) is 59.8 Å². The number of carbonyl (C=O) groups excluding carboxylic acids is 1. The summed E-state index contributed by atoms with van der Waals surface area (Å²) in [6.45, 7) is 2.62. The SMILES string of the molecule is Cc1c(F)cc(-n2cnc(C3(Nc4nccc(N5CCN(C)C5=O)n4)CC3)c2)cc1F. The lowest BCUT2D eigenvalue weighted by molar-refractivity contribution is 0.229. The van der Waals surface area contributed by atoms with Crippen LogP contribution < -0.4 is 10.2 Å². The van der Waals surface area contributed by atoms with Gasteiger partial charge in [0, 0.05) is 38.1 Å². The van der Waals surface area contributed by atoms with E-state index in [1.54, 1.807) is 39.9 Å². The fourth-order valence-electron chi connectivity index (χ4n) is 3.70. The van der Waals surface area contributed by atoms with Gasteiger partial charge in [0.25, 0.3) is 0 Å². The molecule has 2 amide bonds. The molecule has 1 aliphatic carbocycles. The van der Waals surface area contributed by atoms with Crippen LogP contribution in [-0.4, -0.2) is 50.6 Å². The van der Waals surface area contributed by atoms with Crippen molar-refractivity contribution in [3.8, 4) is 5.69 Å². The van der Waals surface area contributed by atoms with Gasteiger partial charge in [0.15, 0.2) is 0 Å². The van der Waals surface area contributed by atoms with E-state index in [4.69, 9.17) is 0 Å².